The molecule has 2 heterocycles. The Morgan fingerprint density at radius 1 is 1.33 bits per heavy atom. The van der Waals surface area contributed by atoms with E-state index in [0.29, 0.717) is 11.7 Å². The zero-order chi connectivity index (χ0) is 18.0. The number of carbonyl (C=O) groups excluding carboxylic acids is 1. The van der Waals surface area contributed by atoms with E-state index in [-0.39, 0.29) is 69.6 Å². The summed E-state index contributed by atoms with van der Waals surface area (Å²) < 4.78 is 28.4. The number of amidine groups is 1. The fourth-order valence-corrected chi connectivity index (χ4v) is 3.64. The van der Waals surface area contributed by atoms with Crippen LogP contribution < -0.4 is 78.9 Å². The van der Waals surface area contributed by atoms with Crippen LogP contribution in [0.4, 0.5) is 4.39 Å². The third-order valence-electron chi connectivity index (χ3n) is 3.42. The maximum Gasteiger partial charge on any atom is 1.00 e. The van der Waals surface area contributed by atoms with Crippen molar-refractivity contribution in [3.8, 4) is 5.75 Å². The number of nitrogens with one attached hydrogen (secondary N) is 1. The summed E-state index contributed by atoms with van der Waals surface area (Å²) >= 11 is 1.10. The van der Waals surface area contributed by atoms with Crippen LogP contribution in [-0.2, 0) is 9.36 Å². The Labute approximate surface area is 203 Å². The average molecular weight is 431 g/mol. The van der Waals surface area contributed by atoms with Gasteiger partial charge in [0.15, 0.2) is 5.17 Å². The zero-order valence-corrected chi connectivity index (χ0v) is 20.5. The summed E-state index contributed by atoms with van der Waals surface area (Å²) in [7, 11) is -5.36. The number of halogens is 1. The number of carbonyl (C=O) groups is 1. The molecule has 0 unspecified atom stereocenters. The molecule has 1 amide bonds. The first kappa shape index (κ1) is 25.3. The Kier molecular flexibility index (Phi) is 10.2. The van der Waals surface area contributed by atoms with Crippen molar-refractivity contribution in [3.63, 3.8) is 0 Å². The van der Waals surface area contributed by atoms with Crippen molar-refractivity contribution in [2.75, 3.05) is 13.1 Å². The van der Waals surface area contributed by atoms with Gasteiger partial charge >= 0.3 is 59.1 Å². The summed E-state index contributed by atoms with van der Waals surface area (Å²) in [6.45, 7) is 1.50. The van der Waals surface area contributed by atoms with Gasteiger partial charge in [-0.25, -0.2) is 9.82 Å². The molecule has 3 rings (SSSR count). The molecule has 0 atom stereocenters. The predicted octanol–water partition coefficient (Wildman–Crippen LogP) is -5.39. The minimum Gasteiger partial charge on any atom is -0.780 e. The summed E-state index contributed by atoms with van der Waals surface area (Å²) in [5, 5.41) is 2.26. The van der Waals surface area contributed by atoms with E-state index in [1.165, 1.54) is 12.1 Å². The quantitative estimate of drug-likeness (QED) is 0.287. The second kappa shape index (κ2) is 10.9. The van der Waals surface area contributed by atoms with Crippen LogP contribution in [0.5, 0.6) is 5.75 Å². The molecule has 13 heteroatoms. The average Bonchev–Trinajstić information content (AvgIpc) is 2.90. The number of benzene rings is 1. The minimum atomic E-state index is -5.36. The van der Waals surface area contributed by atoms with Crippen LogP contribution in [-0.4, -0.2) is 29.2 Å². The molecule has 0 radical (unpaired) electrons. The van der Waals surface area contributed by atoms with Crippen LogP contribution in [0, 0.1) is 5.82 Å². The van der Waals surface area contributed by atoms with Gasteiger partial charge < -0.3 is 18.9 Å². The Bertz CT molecular complexity index is 814. The molecule has 0 aliphatic carbocycles. The second-order valence-corrected chi connectivity index (χ2v) is 7.38. The van der Waals surface area contributed by atoms with Crippen LogP contribution in [0.25, 0.3) is 6.08 Å². The summed E-state index contributed by atoms with van der Waals surface area (Å²) in [5.74, 6) is -1.75. The smallest absolute Gasteiger partial charge is 0.780 e. The first-order chi connectivity index (χ1) is 11.8. The molecule has 0 aromatic heterocycles. The number of thioether (sulfide) groups is 1. The summed E-state index contributed by atoms with van der Waals surface area (Å²) in [6.07, 6.45) is 3.32. The number of phosphoric acid groups is 1. The molecular weight excluding hydrogens is 418 g/mol. The fraction of sp³-hybridized carbons (Fsp3) is 0.286. The molecule has 134 valence electrons. The molecule has 0 bridgehead atoms. The van der Waals surface area contributed by atoms with Gasteiger partial charge in [-0.1, -0.05) is 0 Å². The molecule has 8 nitrogen and oxygen atoms in total. The van der Waals surface area contributed by atoms with Crippen molar-refractivity contribution in [3.05, 3.63) is 34.5 Å². The molecule has 27 heavy (non-hydrogen) atoms. The SMILES string of the molecule is O=C1N=C(N2CCCCN2)S/C1=C\c1ccc(F)cc1OP(=O)([O-])[O-].[Na+].[Na+]. The molecule has 0 saturated carbocycles. The number of aliphatic imine (C=N–C) groups is 1. The number of hydrogen-bond donors (Lipinski definition) is 1. The van der Waals surface area contributed by atoms with E-state index in [1.807, 2.05) is 0 Å². The van der Waals surface area contributed by atoms with Gasteiger partial charge in [-0.05, 0) is 42.8 Å². The number of phosphoric ester groups is 1. The Balaban J connectivity index is 0.00000182. The minimum absolute atomic E-state index is 0. The van der Waals surface area contributed by atoms with Crippen molar-refractivity contribution in [1.29, 1.82) is 0 Å². The summed E-state index contributed by atoms with van der Waals surface area (Å²) in [6, 6.07) is 3.06. The topological polar surface area (TPSA) is 117 Å². The van der Waals surface area contributed by atoms with Crippen molar-refractivity contribution < 1.29 is 87.2 Å². The van der Waals surface area contributed by atoms with Crippen molar-refractivity contribution in [1.82, 2.24) is 10.4 Å². The van der Waals surface area contributed by atoms with Crippen LogP contribution >= 0.6 is 19.6 Å². The number of amides is 1. The van der Waals surface area contributed by atoms with E-state index in [2.05, 4.69) is 14.9 Å². The van der Waals surface area contributed by atoms with Gasteiger partial charge in [0, 0.05) is 24.7 Å². The third-order valence-corrected chi connectivity index (χ3v) is 4.85. The third kappa shape index (κ3) is 7.24. The Morgan fingerprint density at radius 3 is 2.70 bits per heavy atom. The molecule has 0 spiro atoms. The zero-order valence-electron chi connectivity index (χ0n) is 14.8. The van der Waals surface area contributed by atoms with Gasteiger partial charge in [-0.3, -0.25) is 9.80 Å². The van der Waals surface area contributed by atoms with Gasteiger partial charge in [0.1, 0.15) is 19.4 Å². The van der Waals surface area contributed by atoms with Crippen LogP contribution in [0.2, 0.25) is 0 Å². The van der Waals surface area contributed by atoms with E-state index in [0.717, 1.165) is 43.3 Å². The molecule has 2 aliphatic heterocycles. The van der Waals surface area contributed by atoms with E-state index in [1.54, 1.807) is 5.01 Å². The maximum atomic E-state index is 13.3. The Hall–Kier alpha value is 0.290. The number of hydrazine groups is 1. The molecule has 1 saturated heterocycles. The van der Waals surface area contributed by atoms with E-state index in [9.17, 15) is 23.5 Å². The van der Waals surface area contributed by atoms with E-state index >= 15 is 0 Å². The molecule has 1 aromatic carbocycles. The largest absolute Gasteiger partial charge is 1.00 e. The first-order valence-corrected chi connectivity index (χ1v) is 9.64. The first-order valence-electron chi connectivity index (χ1n) is 7.37. The monoisotopic (exact) mass is 431 g/mol. The molecular formula is C14H13FN3Na2O5PS. The molecule has 1 N–H and O–H groups in total. The number of hydrogen-bond acceptors (Lipinski definition) is 8. The van der Waals surface area contributed by atoms with Gasteiger partial charge in [0.25, 0.3) is 5.91 Å². The van der Waals surface area contributed by atoms with E-state index in [4.69, 9.17) is 0 Å². The van der Waals surface area contributed by atoms with Gasteiger partial charge in [-0.2, -0.15) is 4.99 Å². The van der Waals surface area contributed by atoms with Gasteiger partial charge in [0.2, 0.25) is 0 Å². The van der Waals surface area contributed by atoms with Crippen molar-refractivity contribution in [2.24, 2.45) is 4.99 Å². The van der Waals surface area contributed by atoms with Crippen molar-refractivity contribution in [2.45, 2.75) is 12.8 Å². The van der Waals surface area contributed by atoms with Gasteiger partial charge in [-0.15, -0.1) is 0 Å². The molecule has 2 aliphatic rings. The summed E-state index contributed by atoms with van der Waals surface area (Å²) in [5.41, 5.74) is 3.21. The fourth-order valence-electron chi connectivity index (χ4n) is 2.33. The standard InChI is InChI=1S/C14H15FN3O5PS.2Na/c15-10-4-3-9(11(8-10)23-24(20,21)22)7-12-13(19)17-14(25-12)18-6-2-1-5-16-18;;/h3-4,7-8,16H,1-2,5-6H2,(H2,20,21,22);;/q;2*+1/p-2/b12-7-;;. The van der Waals surface area contributed by atoms with Crippen molar-refractivity contribution >= 4 is 36.7 Å². The number of rotatable bonds is 3. The van der Waals surface area contributed by atoms with Crippen LogP contribution in [0.1, 0.15) is 18.4 Å². The van der Waals surface area contributed by atoms with E-state index < -0.39 is 25.3 Å². The predicted molar refractivity (Wildman–Crippen MR) is 86.6 cm³/mol. The van der Waals surface area contributed by atoms with Gasteiger partial charge in [0.05, 0.1) is 4.91 Å². The van der Waals surface area contributed by atoms with Crippen LogP contribution in [0.3, 0.4) is 0 Å². The molecule has 1 aromatic rings. The molecule has 1 fully saturated rings. The summed E-state index contributed by atoms with van der Waals surface area (Å²) in [4.78, 5) is 37.9. The second-order valence-electron chi connectivity index (χ2n) is 5.30. The normalized spacial score (nSPS) is 18.6. The maximum absolute atomic E-state index is 13.3. The number of nitrogens with zero attached hydrogens (tertiary/aromatic N) is 2. The Morgan fingerprint density at radius 2 is 2.07 bits per heavy atom. The van der Waals surface area contributed by atoms with Crippen LogP contribution in [0.15, 0.2) is 28.1 Å².